The third-order valence-electron chi connectivity index (χ3n) is 7.62. The summed E-state index contributed by atoms with van der Waals surface area (Å²) < 4.78 is 23.5. The van der Waals surface area contributed by atoms with E-state index in [1.165, 1.54) is 6.42 Å². The zero-order chi connectivity index (χ0) is 31.2. The molecule has 44 heavy (non-hydrogen) atoms. The summed E-state index contributed by atoms with van der Waals surface area (Å²) in [5.74, 6) is 7.82. The fourth-order valence-electron chi connectivity index (χ4n) is 5.52. The number of nitrogens with zero attached hydrogens (tertiary/aromatic N) is 3. The highest BCUT2D eigenvalue weighted by Gasteiger charge is 2.21. The Morgan fingerprint density at radius 3 is 2.55 bits per heavy atom. The van der Waals surface area contributed by atoms with Crippen molar-refractivity contribution in [3.63, 3.8) is 0 Å². The molecule has 11 nitrogen and oxygen atoms in total. The van der Waals surface area contributed by atoms with Crippen LogP contribution in [0.5, 0.6) is 17.2 Å². The van der Waals surface area contributed by atoms with Gasteiger partial charge in [0.15, 0.2) is 17.2 Å². The van der Waals surface area contributed by atoms with Crippen molar-refractivity contribution >= 4 is 28.8 Å². The summed E-state index contributed by atoms with van der Waals surface area (Å²) in [6, 6.07) is 9.31. The van der Waals surface area contributed by atoms with Crippen LogP contribution in [-0.2, 0) is 11.2 Å². The molecule has 2 aromatic carbocycles. The van der Waals surface area contributed by atoms with Gasteiger partial charge in [-0.1, -0.05) is 31.1 Å². The average molecular weight is 598 g/mol. The fourth-order valence-corrected chi connectivity index (χ4v) is 5.52. The van der Waals surface area contributed by atoms with E-state index in [0.717, 1.165) is 36.8 Å². The quantitative estimate of drug-likeness (QED) is 0.220. The summed E-state index contributed by atoms with van der Waals surface area (Å²) in [6.07, 6.45) is 8.00. The molecule has 2 aromatic heterocycles. The van der Waals surface area contributed by atoms with Crippen LogP contribution in [0.15, 0.2) is 47.5 Å². The van der Waals surface area contributed by atoms with Crippen LogP contribution in [0.2, 0.25) is 0 Å². The molecule has 5 rings (SSSR count). The van der Waals surface area contributed by atoms with Crippen LogP contribution in [0.4, 0.5) is 16.6 Å². The van der Waals surface area contributed by atoms with Crippen molar-refractivity contribution in [1.29, 1.82) is 0 Å². The van der Waals surface area contributed by atoms with Gasteiger partial charge in [-0.15, -0.1) is 0 Å². The second-order valence-electron chi connectivity index (χ2n) is 10.5. The monoisotopic (exact) mass is 597 g/mol. The highest BCUT2D eigenvalue weighted by atomic mass is 16.7. The number of hydrogen-bond donors (Lipinski definition) is 2. The number of nitrogen functional groups attached to an aromatic ring is 2. The van der Waals surface area contributed by atoms with Gasteiger partial charge in [-0.3, -0.25) is 4.79 Å². The van der Waals surface area contributed by atoms with Gasteiger partial charge in [-0.2, -0.15) is 4.98 Å². The van der Waals surface area contributed by atoms with E-state index < -0.39 is 6.16 Å². The largest absolute Gasteiger partial charge is 0.514 e. The van der Waals surface area contributed by atoms with Gasteiger partial charge in [0.2, 0.25) is 11.4 Å². The zero-order valence-corrected chi connectivity index (χ0v) is 25.0. The Morgan fingerprint density at radius 2 is 1.84 bits per heavy atom. The van der Waals surface area contributed by atoms with Crippen molar-refractivity contribution in [3.8, 4) is 29.1 Å². The number of aromatic nitrogens is 3. The predicted molar refractivity (Wildman–Crippen MR) is 167 cm³/mol. The van der Waals surface area contributed by atoms with Gasteiger partial charge in [-0.05, 0) is 55.7 Å². The minimum absolute atomic E-state index is 0.0545. The second-order valence-corrected chi connectivity index (χ2v) is 10.5. The van der Waals surface area contributed by atoms with Gasteiger partial charge in [0.25, 0.3) is 0 Å². The van der Waals surface area contributed by atoms with E-state index in [1.807, 2.05) is 22.8 Å². The number of hydrogen-bond acceptors (Lipinski definition) is 10. The zero-order valence-electron chi connectivity index (χ0n) is 25.0. The first kappa shape index (κ1) is 30.2. The minimum Gasteiger partial charge on any atom is -0.493 e. The maximum atomic E-state index is 13.3. The first-order valence-electron chi connectivity index (χ1n) is 14.5. The molecule has 2 heterocycles. The number of carbonyl (C=O) groups is 1. The number of rotatable bonds is 7. The van der Waals surface area contributed by atoms with Crippen molar-refractivity contribution in [2.75, 3.05) is 32.3 Å². The van der Waals surface area contributed by atoms with E-state index in [0.29, 0.717) is 45.8 Å². The highest BCUT2D eigenvalue weighted by molar-refractivity contribution is 5.83. The third kappa shape index (κ3) is 6.54. The van der Waals surface area contributed by atoms with Crippen molar-refractivity contribution in [2.45, 2.75) is 51.5 Å². The average Bonchev–Trinajstić information content (AvgIpc) is 3.02. The van der Waals surface area contributed by atoms with Gasteiger partial charge in [0.05, 0.1) is 38.1 Å². The Bertz CT molecular complexity index is 1820. The summed E-state index contributed by atoms with van der Waals surface area (Å²) in [5.41, 5.74) is 15.0. The number of nitrogens with two attached hydrogens (primary N) is 2. The molecule has 1 fully saturated rings. The number of pyridine rings is 1. The van der Waals surface area contributed by atoms with Crippen LogP contribution in [0.1, 0.15) is 67.3 Å². The first-order chi connectivity index (χ1) is 21.3. The first-order valence-corrected chi connectivity index (χ1v) is 14.5. The van der Waals surface area contributed by atoms with Crippen LogP contribution in [0, 0.1) is 11.8 Å². The maximum absolute atomic E-state index is 13.3. The van der Waals surface area contributed by atoms with Gasteiger partial charge in [0, 0.05) is 35.2 Å². The molecule has 1 saturated carbocycles. The molecule has 228 valence electrons. The van der Waals surface area contributed by atoms with Crippen LogP contribution >= 0.6 is 0 Å². The minimum atomic E-state index is -0.903. The molecule has 0 bridgehead atoms. The predicted octanol–water partition coefficient (Wildman–Crippen LogP) is 5.00. The Hall–Kier alpha value is -5.24. The van der Waals surface area contributed by atoms with E-state index in [1.54, 1.807) is 45.7 Å². The fraction of sp³-hybridized carbons (Fsp3) is 0.333. The lowest BCUT2D eigenvalue weighted by Gasteiger charge is -2.26. The Kier molecular flexibility index (Phi) is 9.19. The van der Waals surface area contributed by atoms with Crippen LogP contribution in [-0.4, -0.2) is 41.5 Å². The lowest BCUT2D eigenvalue weighted by molar-refractivity contribution is 0.103. The van der Waals surface area contributed by atoms with E-state index in [2.05, 4.69) is 21.8 Å². The van der Waals surface area contributed by atoms with Gasteiger partial charge in [-0.25, -0.2) is 9.78 Å². The van der Waals surface area contributed by atoms with Gasteiger partial charge in [0.1, 0.15) is 5.82 Å². The van der Waals surface area contributed by atoms with Crippen LogP contribution < -0.4 is 31.1 Å². The Balaban J connectivity index is 1.57. The Morgan fingerprint density at radius 1 is 1.05 bits per heavy atom. The Labute approximate surface area is 255 Å². The van der Waals surface area contributed by atoms with E-state index >= 15 is 0 Å². The van der Waals surface area contributed by atoms with E-state index in [-0.39, 0.29) is 29.8 Å². The summed E-state index contributed by atoms with van der Waals surface area (Å²) in [7, 11) is 3.12. The normalized spacial score (nSPS) is 13.2. The van der Waals surface area contributed by atoms with Crippen LogP contribution in [0.3, 0.4) is 0 Å². The van der Waals surface area contributed by atoms with Crippen molar-refractivity contribution in [2.24, 2.45) is 0 Å². The molecule has 1 aliphatic rings. The van der Waals surface area contributed by atoms with Crippen molar-refractivity contribution in [1.82, 2.24) is 14.5 Å². The standard InChI is InChI=1S/C33H35N5O6/c1-4-43-33(40)44-28-19-38(24-8-6-5-7-9-24)26-16-20(11-13-25(26)29(28)39)10-12-22-14-21(17-27(41-2)30(22)42-3)15-23-18-36-32(35)37-31(23)34/h11,13-14,16-19,24H,4-9,15H2,1-3H3,(H4,34,35,36,37). The number of benzene rings is 2. The summed E-state index contributed by atoms with van der Waals surface area (Å²) >= 11 is 0. The van der Waals surface area contributed by atoms with E-state index in [4.69, 9.17) is 30.4 Å². The number of carbonyl (C=O) groups excluding carboxylic acids is 1. The summed E-state index contributed by atoms with van der Waals surface area (Å²) in [6.45, 7) is 1.83. The number of fused-ring (bicyclic) bond motifs is 1. The highest BCUT2D eigenvalue weighted by Crippen LogP contribution is 2.34. The van der Waals surface area contributed by atoms with E-state index in [9.17, 15) is 9.59 Å². The van der Waals surface area contributed by atoms with Gasteiger partial charge >= 0.3 is 6.16 Å². The molecule has 0 spiro atoms. The molecule has 0 saturated heterocycles. The second kappa shape index (κ2) is 13.4. The smallest absolute Gasteiger partial charge is 0.493 e. The molecule has 11 heteroatoms. The summed E-state index contributed by atoms with van der Waals surface area (Å²) in [4.78, 5) is 33.5. The van der Waals surface area contributed by atoms with Gasteiger partial charge < -0.3 is 35.0 Å². The summed E-state index contributed by atoms with van der Waals surface area (Å²) in [5, 5.41) is 0.437. The lowest BCUT2D eigenvalue weighted by Crippen LogP contribution is -2.21. The van der Waals surface area contributed by atoms with Crippen molar-refractivity contribution in [3.05, 3.63) is 75.2 Å². The molecular weight excluding hydrogens is 562 g/mol. The molecule has 1 aliphatic carbocycles. The molecule has 4 N–H and O–H groups in total. The number of anilines is 2. The molecule has 0 atom stereocenters. The third-order valence-corrected chi connectivity index (χ3v) is 7.62. The molecule has 0 amide bonds. The molecule has 4 aromatic rings. The topological polar surface area (TPSA) is 154 Å². The molecule has 0 unspecified atom stereocenters. The number of ether oxygens (including phenoxy) is 4. The SMILES string of the molecule is CCOC(=O)Oc1cn(C2CCCCC2)c2cc(C#Cc3cc(Cc4cnc(N)nc4N)cc(OC)c3OC)ccc2c1=O. The van der Waals surface area contributed by atoms with Crippen molar-refractivity contribution < 1.29 is 23.7 Å². The van der Waals surface area contributed by atoms with Crippen LogP contribution in [0.25, 0.3) is 10.9 Å². The lowest BCUT2D eigenvalue weighted by atomic mass is 9.94. The molecule has 0 radical (unpaired) electrons. The molecular formula is C33H35N5O6. The number of methoxy groups -OCH3 is 2. The maximum Gasteiger partial charge on any atom is 0.514 e. The molecule has 0 aliphatic heterocycles.